The number of nitrogens with one attached hydrogen (secondary N) is 2. The third-order valence-electron chi connectivity index (χ3n) is 3.48. The van der Waals surface area contributed by atoms with E-state index in [0.717, 1.165) is 32.6 Å². The molecule has 1 aromatic carbocycles. The van der Waals surface area contributed by atoms with Gasteiger partial charge in [0.15, 0.2) is 0 Å². The Bertz CT molecular complexity index is 459. The summed E-state index contributed by atoms with van der Waals surface area (Å²) in [6, 6.07) is 5.31. The van der Waals surface area contributed by atoms with Crippen LogP contribution >= 0.6 is 0 Å². The molecular weight excluding hydrogens is 258 g/mol. The smallest absolute Gasteiger partial charge is 0.315 e. The molecule has 1 heterocycles. The van der Waals surface area contributed by atoms with Crippen LogP contribution in [-0.2, 0) is 4.74 Å². The molecule has 2 N–H and O–H groups in total. The second-order valence-corrected chi connectivity index (χ2v) is 4.93. The molecule has 20 heavy (non-hydrogen) atoms. The minimum Gasteiger partial charge on any atom is -0.381 e. The monoisotopic (exact) mass is 279 g/mol. The van der Waals surface area contributed by atoms with Crippen LogP contribution in [0.25, 0.3) is 0 Å². The zero-order valence-electron chi connectivity index (χ0n) is 11.7. The van der Waals surface area contributed by atoms with Crippen LogP contribution in [0.15, 0.2) is 18.2 Å². The lowest BCUT2D eigenvalue weighted by molar-refractivity contribution is -0.383. The maximum Gasteiger partial charge on any atom is 0.315 e. The third-order valence-corrected chi connectivity index (χ3v) is 3.48. The quantitative estimate of drug-likeness (QED) is 0.593. The summed E-state index contributed by atoms with van der Waals surface area (Å²) < 4.78 is 5.33. The van der Waals surface area contributed by atoms with E-state index < -0.39 is 0 Å². The highest BCUT2D eigenvalue weighted by molar-refractivity contribution is 5.76. The molecule has 0 aliphatic carbocycles. The molecule has 0 bridgehead atoms. The fourth-order valence-electron chi connectivity index (χ4n) is 2.44. The molecule has 0 spiro atoms. The van der Waals surface area contributed by atoms with Crippen LogP contribution in [0.1, 0.15) is 19.8 Å². The molecular formula is C14H21N3O3. The van der Waals surface area contributed by atoms with Gasteiger partial charge in [0.25, 0.3) is 0 Å². The lowest BCUT2D eigenvalue weighted by atomic mass is 10.1. The Labute approximate surface area is 118 Å². The number of hydrogen-bond donors (Lipinski definition) is 2. The molecule has 0 radical (unpaired) electrons. The van der Waals surface area contributed by atoms with Gasteiger partial charge >= 0.3 is 5.69 Å². The number of para-hydroxylation sites is 1. The van der Waals surface area contributed by atoms with Gasteiger partial charge in [0.05, 0.1) is 4.92 Å². The number of benzene rings is 1. The Morgan fingerprint density at radius 3 is 2.75 bits per heavy atom. The fourth-order valence-corrected chi connectivity index (χ4v) is 2.44. The van der Waals surface area contributed by atoms with Crippen LogP contribution in [0.3, 0.4) is 0 Å². The maximum absolute atomic E-state index is 11.2. The van der Waals surface area contributed by atoms with Crippen molar-refractivity contribution in [3.63, 3.8) is 0 Å². The van der Waals surface area contributed by atoms with E-state index >= 15 is 0 Å². The summed E-state index contributed by atoms with van der Waals surface area (Å²) in [5.41, 5.74) is 1.26. The van der Waals surface area contributed by atoms with Gasteiger partial charge in [-0.05, 0) is 37.8 Å². The van der Waals surface area contributed by atoms with Gasteiger partial charge in [-0.2, -0.15) is 0 Å². The van der Waals surface area contributed by atoms with Gasteiger partial charge in [-0.15, -0.1) is 0 Å². The number of ether oxygens (including phenoxy) is 1. The second kappa shape index (κ2) is 7.09. The van der Waals surface area contributed by atoms with Gasteiger partial charge in [0.2, 0.25) is 0 Å². The predicted octanol–water partition coefficient (Wildman–Crippen LogP) is 2.87. The summed E-state index contributed by atoms with van der Waals surface area (Å²) in [5, 5.41) is 17.5. The molecule has 0 saturated carbocycles. The first-order chi connectivity index (χ1) is 9.72. The van der Waals surface area contributed by atoms with E-state index in [1.165, 1.54) is 0 Å². The molecule has 1 aromatic rings. The van der Waals surface area contributed by atoms with Crippen molar-refractivity contribution >= 4 is 17.1 Å². The molecule has 0 amide bonds. The van der Waals surface area contributed by atoms with Crippen LogP contribution < -0.4 is 10.6 Å². The number of anilines is 2. The summed E-state index contributed by atoms with van der Waals surface area (Å²) in [6.07, 6.45) is 2.06. The standard InChI is InChI=1S/C14H21N3O3/c1-2-15-12-4-3-5-13(14(12)17(18)19)16-8-6-11-7-9-20-10-11/h3-5,11,15-16H,2,6-10H2,1H3. The second-order valence-electron chi connectivity index (χ2n) is 4.93. The Morgan fingerprint density at radius 2 is 2.15 bits per heavy atom. The van der Waals surface area contributed by atoms with Gasteiger partial charge in [-0.3, -0.25) is 10.1 Å². The Morgan fingerprint density at radius 1 is 1.40 bits per heavy atom. The molecule has 110 valence electrons. The first kappa shape index (κ1) is 14.6. The first-order valence-electron chi connectivity index (χ1n) is 7.05. The normalized spacial score (nSPS) is 17.9. The van der Waals surface area contributed by atoms with E-state index in [-0.39, 0.29) is 10.6 Å². The van der Waals surface area contributed by atoms with Gasteiger partial charge < -0.3 is 15.4 Å². The highest BCUT2D eigenvalue weighted by Crippen LogP contribution is 2.32. The SMILES string of the molecule is CCNc1cccc(NCCC2CCOC2)c1[N+](=O)[O-]. The summed E-state index contributed by atoms with van der Waals surface area (Å²) in [4.78, 5) is 10.9. The number of nitrogens with zero attached hydrogens (tertiary/aromatic N) is 1. The zero-order chi connectivity index (χ0) is 14.4. The van der Waals surface area contributed by atoms with Crippen LogP contribution in [0.5, 0.6) is 0 Å². The highest BCUT2D eigenvalue weighted by Gasteiger charge is 2.20. The molecule has 1 atom stereocenters. The van der Waals surface area contributed by atoms with Gasteiger partial charge in [-0.1, -0.05) is 6.07 Å². The Kier molecular flexibility index (Phi) is 5.17. The van der Waals surface area contributed by atoms with Gasteiger partial charge in [0, 0.05) is 26.3 Å². The van der Waals surface area contributed by atoms with Crippen molar-refractivity contribution in [2.45, 2.75) is 19.8 Å². The fraction of sp³-hybridized carbons (Fsp3) is 0.571. The van der Waals surface area contributed by atoms with E-state index in [9.17, 15) is 10.1 Å². The summed E-state index contributed by atoms with van der Waals surface area (Å²) in [7, 11) is 0. The number of nitro groups is 1. The molecule has 1 aliphatic rings. The number of rotatable bonds is 7. The topological polar surface area (TPSA) is 76.4 Å². The third kappa shape index (κ3) is 3.60. The van der Waals surface area contributed by atoms with Crippen LogP contribution in [0.2, 0.25) is 0 Å². The Balaban J connectivity index is 2.01. The van der Waals surface area contributed by atoms with Crippen LogP contribution in [0, 0.1) is 16.0 Å². The van der Waals surface area contributed by atoms with Crippen LogP contribution in [0.4, 0.5) is 17.1 Å². The van der Waals surface area contributed by atoms with E-state index in [1.54, 1.807) is 12.1 Å². The van der Waals surface area contributed by atoms with Gasteiger partial charge in [0.1, 0.15) is 11.4 Å². The number of hydrogen-bond acceptors (Lipinski definition) is 5. The maximum atomic E-state index is 11.2. The molecule has 0 aromatic heterocycles. The minimum atomic E-state index is -0.334. The molecule has 1 unspecified atom stereocenters. The lowest BCUT2D eigenvalue weighted by Crippen LogP contribution is -2.11. The van der Waals surface area contributed by atoms with Crippen LogP contribution in [-0.4, -0.2) is 31.2 Å². The molecule has 1 saturated heterocycles. The van der Waals surface area contributed by atoms with Crippen molar-refractivity contribution in [2.24, 2.45) is 5.92 Å². The summed E-state index contributed by atoms with van der Waals surface area (Å²) in [6.45, 7) is 4.94. The van der Waals surface area contributed by atoms with E-state index in [4.69, 9.17) is 4.74 Å². The summed E-state index contributed by atoms with van der Waals surface area (Å²) in [5.74, 6) is 0.568. The zero-order valence-corrected chi connectivity index (χ0v) is 11.7. The van der Waals surface area contributed by atoms with Crippen molar-refractivity contribution in [2.75, 3.05) is 36.9 Å². The average molecular weight is 279 g/mol. The summed E-state index contributed by atoms with van der Waals surface area (Å²) >= 11 is 0. The first-order valence-corrected chi connectivity index (χ1v) is 7.05. The minimum absolute atomic E-state index is 0.122. The lowest BCUT2D eigenvalue weighted by Gasteiger charge is -2.12. The predicted molar refractivity (Wildman–Crippen MR) is 79.3 cm³/mol. The van der Waals surface area contributed by atoms with E-state index in [1.807, 2.05) is 13.0 Å². The molecule has 6 nitrogen and oxygen atoms in total. The molecule has 1 aliphatic heterocycles. The number of nitro benzene ring substituents is 1. The van der Waals surface area contributed by atoms with Crippen molar-refractivity contribution in [3.05, 3.63) is 28.3 Å². The van der Waals surface area contributed by atoms with Gasteiger partial charge in [-0.25, -0.2) is 0 Å². The van der Waals surface area contributed by atoms with Crippen molar-refractivity contribution in [1.29, 1.82) is 0 Å². The van der Waals surface area contributed by atoms with E-state index in [2.05, 4.69) is 10.6 Å². The van der Waals surface area contributed by atoms with Crippen molar-refractivity contribution in [3.8, 4) is 0 Å². The highest BCUT2D eigenvalue weighted by atomic mass is 16.6. The van der Waals surface area contributed by atoms with Crippen molar-refractivity contribution < 1.29 is 9.66 Å². The average Bonchev–Trinajstić information content (AvgIpc) is 2.92. The van der Waals surface area contributed by atoms with E-state index in [0.29, 0.717) is 23.8 Å². The molecule has 6 heteroatoms. The van der Waals surface area contributed by atoms with Crippen molar-refractivity contribution in [1.82, 2.24) is 0 Å². The molecule has 1 fully saturated rings. The Hall–Kier alpha value is -1.82. The largest absolute Gasteiger partial charge is 0.381 e. The molecule has 2 rings (SSSR count).